The first-order chi connectivity index (χ1) is 13.6. The fourth-order valence-electron chi connectivity index (χ4n) is 2.64. The number of esters is 1. The summed E-state index contributed by atoms with van der Waals surface area (Å²) < 4.78 is 62.1. The number of alkyl halides is 4. The molecule has 0 bridgehead atoms. The van der Waals surface area contributed by atoms with Crippen molar-refractivity contribution in [2.24, 2.45) is 0 Å². The maximum absolute atomic E-state index is 14.2. The molecule has 158 valence electrons. The van der Waals surface area contributed by atoms with E-state index in [1.54, 1.807) is 44.2 Å². The molecule has 1 aromatic heterocycles. The average molecular weight is 433 g/mol. The van der Waals surface area contributed by atoms with Crippen LogP contribution in [0, 0.1) is 0 Å². The highest BCUT2D eigenvalue weighted by molar-refractivity contribution is 7.17. The second kappa shape index (κ2) is 8.91. The maximum atomic E-state index is 14.2. The van der Waals surface area contributed by atoms with Crippen LogP contribution in [0.25, 0.3) is 11.1 Å². The first-order valence-electron chi connectivity index (χ1n) is 8.61. The summed E-state index contributed by atoms with van der Waals surface area (Å²) in [6, 6.07) is 8.62. The van der Waals surface area contributed by atoms with Gasteiger partial charge in [0.05, 0.1) is 6.61 Å². The lowest BCUT2D eigenvalue weighted by Crippen LogP contribution is -2.52. The van der Waals surface area contributed by atoms with Crippen molar-refractivity contribution in [2.45, 2.75) is 32.3 Å². The minimum atomic E-state index is -5.61. The first kappa shape index (κ1) is 22.8. The summed E-state index contributed by atoms with van der Waals surface area (Å²) in [4.78, 5) is 25.3. The molecule has 5 nitrogen and oxygen atoms in total. The lowest BCUT2D eigenvalue weighted by molar-refractivity contribution is -0.305. The third-order valence-corrected chi connectivity index (χ3v) is 5.26. The van der Waals surface area contributed by atoms with Crippen LogP contribution in [0.5, 0.6) is 0 Å². The van der Waals surface area contributed by atoms with Gasteiger partial charge in [-0.3, -0.25) is 4.79 Å². The fourth-order valence-corrected chi connectivity index (χ4v) is 3.79. The summed E-state index contributed by atoms with van der Waals surface area (Å²) in [5.41, 5.74) is 0.896. The molecule has 0 radical (unpaired) electrons. The van der Waals surface area contributed by atoms with Crippen molar-refractivity contribution in [3.8, 4) is 11.1 Å². The molecule has 1 heterocycles. The van der Waals surface area contributed by atoms with Gasteiger partial charge in [0.2, 0.25) is 0 Å². The van der Waals surface area contributed by atoms with Gasteiger partial charge >= 0.3 is 23.9 Å². The second-order valence-corrected chi connectivity index (χ2v) is 6.90. The molecule has 0 aliphatic rings. The van der Waals surface area contributed by atoms with E-state index in [2.05, 4.69) is 4.74 Å². The number of hydrogen-bond donors (Lipinski definition) is 1. The van der Waals surface area contributed by atoms with Crippen LogP contribution in [0.15, 0.2) is 30.3 Å². The Morgan fingerprint density at radius 1 is 1.10 bits per heavy atom. The van der Waals surface area contributed by atoms with Crippen LogP contribution in [0.2, 0.25) is 0 Å². The number of ether oxygens (including phenoxy) is 2. The SMILES string of the molecule is CCOC(=O)c1c(NC(=O)[C@](F)(OC)C(F)(F)F)sc(CC)c1-c1ccccc1. The molecule has 0 fully saturated rings. The molecule has 1 aromatic carbocycles. The number of amides is 1. The van der Waals surface area contributed by atoms with Gasteiger partial charge in [-0.05, 0) is 18.9 Å². The number of hydrogen-bond acceptors (Lipinski definition) is 5. The summed E-state index contributed by atoms with van der Waals surface area (Å²) in [6.45, 7) is 3.35. The van der Waals surface area contributed by atoms with E-state index in [0.717, 1.165) is 11.3 Å². The zero-order valence-corrected chi connectivity index (χ0v) is 16.7. The molecule has 0 saturated carbocycles. The Morgan fingerprint density at radius 2 is 1.72 bits per heavy atom. The molecule has 1 atom stereocenters. The Morgan fingerprint density at radius 3 is 2.21 bits per heavy atom. The number of aryl methyl sites for hydroxylation is 1. The van der Waals surface area contributed by atoms with Gasteiger partial charge in [-0.1, -0.05) is 37.3 Å². The molecule has 2 aromatic rings. The Kier molecular flexibility index (Phi) is 7.02. The van der Waals surface area contributed by atoms with Gasteiger partial charge in [0.25, 0.3) is 0 Å². The Bertz CT molecular complexity index is 882. The summed E-state index contributed by atoms with van der Waals surface area (Å²) in [7, 11) is 0.431. The van der Waals surface area contributed by atoms with Crippen LogP contribution in [0.4, 0.5) is 22.6 Å². The van der Waals surface area contributed by atoms with E-state index in [-0.39, 0.29) is 17.2 Å². The number of nitrogens with one attached hydrogen (secondary N) is 1. The summed E-state index contributed by atoms with van der Waals surface area (Å²) in [6.07, 6.45) is -5.19. The molecule has 1 N–H and O–H groups in total. The van der Waals surface area contributed by atoms with Gasteiger partial charge < -0.3 is 14.8 Å². The standard InChI is InChI=1S/C19H19F4NO4S/c1-4-12-13(11-9-7-6-8-10-11)14(16(25)28-5-2)15(29-12)24-17(26)18(20,27-3)19(21,22)23/h6-10H,4-5H2,1-3H3,(H,24,26)/t18-/m0/s1. The molecular formula is C19H19F4NO4S. The van der Waals surface area contributed by atoms with Crippen LogP contribution in [-0.2, 0) is 20.7 Å². The molecule has 0 aliphatic carbocycles. The molecule has 0 saturated heterocycles. The molecule has 0 spiro atoms. The third kappa shape index (κ3) is 4.43. The zero-order valence-electron chi connectivity index (χ0n) is 15.9. The number of halogens is 4. The van der Waals surface area contributed by atoms with Gasteiger partial charge in [-0.2, -0.15) is 17.6 Å². The molecular weight excluding hydrogens is 414 g/mol. The van der Waals surface area contributed by atoms with Crippen LogP contribution >= 0.6 is 11.3 Å². The first-order valence-corrected chi connectivity index (χ1v) is 9.42. The minimum Gasteiger partial charge on any atom is -0.462 e. The van der Waals surface area contributed by atoms with Crippen LogP contribution in [0.1, 0.15) is 29.1 Å². The lowest BCUT2D eigenvalue weighted by atomic mass is 10.00. The Balaban J connectivity index is 2.62. The highest BCUT2D eigenvalue weighted by Gasteiger charge is 2.63. The predicted molar refractivity (Wildman–Crippen MR) is 101 cm³/mol. The van der Waals surface area contributed by atoms with Gasteiger partial charge in [0, 0.05) is 17.6 Å². The van der Waals surface area contributed by atoms with Crippen LogP contribution in [0.3, 0.4) is 0 Å². The summed E-state index contributed by atoms with van der Waals surface area (Å²) >= 11 is 0.878. The smallest absolute Gasteiger partial charge is 0.458 e. The van der Waals surface area contributed by atoms with Crippen molar-refractivity contribution < 1.29 is 36.6 Å². The number of thiophene rings is 1. The predicted octanol–water partition coefficient (Wildman–Crippen LogP) is 4.97. The number of carbonyl (C=O) groups is 2. The lowest BCUT2D eigenvalue weighted by Gasteiger charge is -2.24. The van der Waals surface area contributed by atoms with E-state index in [1.807, 2.05) is 5.32 Å². The molecule has 2 rings (SSSR count). The molecule has 10 heteroatoms. The minimum absolute atomic E-state index is 0.00538. The van der Waals surface area contributed by atoms with Crippen LogP contribution < -0.4 is 5.32 Å². The normalized spacial score (nSPS) is 13.6. The van der Waals surface area contributed by atoms with E-state index < -0.39 is 23.9 Å². The van der Waals surface area contributed by atoms with E-state index in [1.165, 1.54) is 0 Å². The van der Waals surface area contributed by atoms with Gasteiger partial charge in [0.1, 0.15) is 10.6 Å². The number of rotatable bonds is 7. The average Bonchev–Trinajstić information content (AvgIpc) is 3.05. The number of carbonyl (C=O) groups excluding carboxylic acids is 2. The van der Waals surface area contributed by atoms with E-state index >= 15 is 0 Å². The van der Waals surface area contributed by atoms with Crippen LogP contribution in [-0.4, -0.2) is 37.6 Å². The quantitative estimate of drug-likeness (QED) is 0.495. The molecule has 29 heavy (non-hydrogen) atoms. The largest absolute Gasteiger partial charge is 0.462 e. The van der Waals surface area contributed by atoms with Crippen molar-refractivity contribution in [1.82, 2.24) is 0 Å². The highest BCUT2D eigenvalue weighted by atomic mass is 32.1. The summed E-state index contributed by atoms with van der Waals surface area (Å²) in [5.74, 6) is -7.49. The van der Waals surface area contributed by atoms with Gasteiger partial charge in [-0.25, -0.2) is 4.79 Å². The zero-order chi connectivity index (χ0) is 21.8. The molecule has 0 aliphatic heterocycles. The Labute approximate surface area is 168 Å². The van der Waals surface area contributed by atoms with E-state index in [0.29, 0.717) is 29.5 Å². The van der Waals surface area contributed by atoms with Gasteiger partial charge in [0.15, 0.2) is 0 Å². The van der Waals surface area contributed by atoms with E-state index in [9.17, 15) is 27.2 Å². The highest BCUT2D eigenvalue weighted by Crippen LogP contribution is 2.43. The Hall–Kier alpha value is -2.46. The maximum Gasteiger partial charge on any atom is 0.458 e. The summed E-state index contributed by atoms with van der Waals surface area (Å²) in [5, 5.41) is 1.63. The van der Waals surface area contributed by atoms with Crippen molar-refractivity contribution >= 4 is 28.2 Å². The monoisotopic (exact) mass is 433 g/mol. The molecule has 1 amide bonds. The molecule has 0 unspecified atom stereocenters. The number of benzene rings is 1. The third-order valence-electron chi connectivity index (χ3n) is 4.01. The number of methoxy groups -OCH3 is 1. The van der Waals surface area contributed by atoms with Crippen molar-refractivity contribution in [2.75, 3.05) is 19.0 Å². The topological polar surface area (TPSA) is 64.6 Å². The fraction of sp³-hybridized carbons (Fsp3) is 0.368. The van der Waals surface area contributed by atoms with E-state index in [4.69, 9.17) is 4.74 Å². The van der Waals surface area contributed by atoms with Crippen molar-refractivity contribution in [1.29, 1.82) is 0 Å². The van der Waals surface area contributed by atoms with Crippen molar-refractivity contribution in [3.05, 3.63) is 40.8 Å². The number of anilines is 1. The van der Waals surface area contributed by atoms with Crippen molar-refractivity contribution in [3.63, 3.8) is 0 Å². The second-order valence-electron chi connectivity index (χ2n) is 5.80. The van der Waals surface area contributed by atoms with Gasteiger partial charge in [-0.15, -0.1) is 11.3 Å².